The summed E-state index contributed by atoms with van der Waals surface area (Å²) in [6.07, 6.45) is 4.18. The zero-order valence-electron chi connectivity index (χ0n) is 9.56. The van der Waals surface area contributed by atoms with Gasteiger partial charge in [-0.25, -0.2) is 0 Å². The predicted molar refractivity (Wildman–Crippen MR) is 58.8 cm³/mol. The number of hydrogen-bond donors (Lipinski definition) is 2. The Morgan fingerprint density at radius 3 is 2.67 bits per heavy atom. The number of hydrogen-bond acceptors (Lipinski definition) is 4. The predicted octanol–water partition coefficient (Wildman–Crippen LogP) is 0.231. The summed E-state index contributed by atoms with van der Waals surface area (Å²) in [5, 5.41) is 18.4. The van der Waals surface area contributed by atoms with E-state index in [0.717, 1.165) is 25.8 Å². The summed E-state index contributed by atoms with van der Waals surface area (Å²) in [6.45, 7) is 1.93. The minimum absolute atomic E-state index is 0.0791. The third-order valence-electron chi connectivity index (χ3n) is 3.08. The van der Waals surface area contributed by atoms with Crippen LogP contribution in [0.2, 0.25) is 0 Å². The van der Waals surface area contributed by atoms with E-state index in [0.29, 0.717) is 13.2 Å². The first-order valence-corrected chi connectivity index (χ1v) is 5.82. The molecule has 0 aromatic rings. The van der Waals surface area contributed by atoms with Crippen LogP contribution in [-0.4, -0.2) is 60.7 Å². The van der Waals surface area contributed by atoms with E-state index in [2.05, 4.69) is 4.90 Å². The Kier molecular flexibility index (Phi) is 6.17. The van der Waals surface area contributed by atoms with Crippen LogP contribution >= 0.6 is 0 Å². The maximum Gasteiger partial charge on any atom is 0.0698 e. The summed E-state index contributed by atoms with van der Waals surface area (Å²) in [6, 6.07) is 0.288. The molecule has 1 aliphatic rings. The second kappa shape index (κ2) is 7.17. The normalized spacial score (nSPS) is 27.2. The molecule has 0 heterocycles. The monoisotopic (exact) mass is 217 g/mol. The molecule has 4 heteroatoms. The quantitative estimate of drug-likeness (QED) is 0.625. The van der Waals surface area contributed by atoms with E-state index >= 15 is 0 Å². The van der Waals surface area contributed by atoms with Crippen molar-refractivity contribution in [3.8, 4) is 0 Å². The fourth-order valence-corrected chi connectivity index (χ4v) is 2.15. The zero-order chi connectivity index (χ0) is 11.1. The lowest BCUT2D eigenvalue weighted by atomic mass is 9.92. The van der Waals surface area contributed by atoms with Crippen molar-refractivity contribution < 1.29 is 14.9 Å². The summed E-state index contributed by atoms with van der Waals surface area (Å²) in [7, 11) is 2.03. The fourth-order valence-electron chi connectivity index (χ4n) is 2.15. The molecule has 0 aliphatic heterocycles. The molecule has 1 aliphatic carbocycles. The minimum atomic E-state index is -0.179. The Morgan fingerprint density at radius 2 is 2.00 bits per heavy atom. The highest BCUT2D eigenvalue weighted by atomic mass is 16.5. The highest BCUT2D eigenvalue weighted by Crippen LogP contribution is 2.21. The molecule has 0 bridgehead atoms. The van der Waals surface area contributed by atoms with Gasteiger partial charge in [-0.2, -0.15) is 0 Å². The number of ether oxygens (including phenoxy) is 1. The molecule has 1 fully saturated rings. The van der Waals surface area contributed by atoms with Crippen molar-refractivity contribution in [3.05, 3.63) is 0 Å². The Hall–Kier alpha value is -0.160. The lowest BCUT2D eigenvalue weighted by Crippen LogP contribution is -2.44. The lowest BCUT2D eigenvalue weighted by Gasteiger charge is -2.35. The summed E-state index contributed by atoms with van der Waals surface area (Å²) in [5.74, 6) is 0. The Balaban J connectivity index is 2.16. The van der Waals surface area contributed by atoms with Gasteiger partial charge in [0.25, 0.3) is 0 Å². The van der Waals surface area contributed by atoms with E-state index < -0.39 is 0 Å². The molecule has 0 spiro atoms. The maximum atomic E-state index is 9.82. The third kappa shape index (κ3) is 4.47. The number of likely N-dealkylation sites (N-methyl/N-ethyl adjacent to an activating group) is 1. The summed E-state index contributed by atoms with van der Waals surface area (Å²) < 4.78 is 5.21. The van der Waals surface area contributed by atoms with Crippen LogP contribution < -0.4 is 0 Å². The van der Waals surface area contributed by atoms with Crippen LogP contribution in [0.5, 0.6) is 0 Å². The fraction of sp³-hybridized carbons (Fsp3) is 1.00. The van der Waals surface area contributed by atoms with Crippen LogP contribution in [0.3, 0.4) is 0 Å². The van der Waals surface area contributed by atoms with E-state index in [1.54, 1.807) is 0 Å². The molecular formula is C11H23NO3. The van der Waals surface area contributed by atoms with Crippen LogP contribution in [0.1, 0.15) is 25.7 Å². The SMILES string of the molecule is CN(CCOCCO)C1CCCCC1O. The van der Waals surface area contributed by atoms with Crippen LogP contribution in [0.15, 0.2) is 0 Å². The molecule has 2 N–H and O–H groups in total. The molecule has 0 amide bonds. The molecule has 0 saturated heterocycles. The molecule has 2 unspecified atom stereocenters. The topological polar surface area (TPSA) is 52.9 Å². The first kappa shape index (κ1) is 12.9. The Bertz CT molecular complexity index is 166. The van der Waals surface area contributed by atoms with Crippen LogP contribution in [0, 0.1) is 0 Å². The van der Waals surface area contributed by atoms with Gasteiger partial charge in [0.15, 0.2) is 0 Å². The first-order chi connectivity index (χ1) is 7.25. The van der Waals surface area contributed by atoms with Gasteiger partial charge >= 0.3 is 0 Å². The summed E-state index contributed by atoms with van der Waals surface area (Å²) in [4.78, 5) is 2.17. The molecule has 1 rings (SSSR count). The van der Waals surface area contributed by atoms with Crippen molar-refractivity contribution in [1.82, 2.24) is 4.90 Å². The Morgan fingerprint density at radius 1 is 1.27 bits per heavy atom. The van der Waals surface area contributed by atoms with Crippen molar-refractivity contribution in [2.45, 2.75) is 37.8 Å². The van der Waals surface area contributed by atoms with Crippen molar-refractivity contribution >= 4 is 0 Å². The van der Waals surface area contributed by atoms with E-state index in [1.165, 1.54) is 6.42 Å². The third-order valence-corrected chi connectivity index (χ3v) is 3.08. The number of aliphatic hydroxyl groups is 2. The molecule has 0 radical (unpaired) electrons. The average molecular weight is 217 g/mol. The summed E-state index contributed by atoms with van der Waals surface area (Å²) in [5.41, 5.74) is 0. The highest BCUT2D eigenvalue weighted by Gasteiger charge is 2.25. The molecule has 15 heavy (non-hydrogen) atoms. The molecule has 90 valence electrons. The van der Waals surface area contributed by atoms with Crippen molar-refractivity contribution in [2.24, 2.45) is 0 Å². The molecule has 1 saturated carbocycles. The van der Waals surface area contributed by atoms with E-state index in [4.69, 9.17) is 9.84 Å². The maximum absolute atomic E-state index is 9.82. The van der Waals surface area contributed by atoms with Gasteiger partial charge in [-0.05, 0) is 19.9 Å². The van der Waals surface area contributed by atoms with E-state index in [9.17, 15) is 5.11 Å². The molecular weight excluding hydrogens is 194 g/mol. The largest absolute Gasteiger partial charge is 0.394 e. The number of aliphatic hydroxyl groups excluding tert-OH is 2. The average Bonchev–Trinajstić information content (AvgIpc) is 2.25. The standard InChI is InChI=1S/C11H23NO3/c1-12(6-8-15-9-7-13)10-4-2-3-5-11(10)14/h10-11,13-14H,2-9H2,1H3. The number of nitrogens with zero attached hydrogens (tertiary/aromatic N) is 1. The smallest absolute Gasteiger partial charge is 0.0698 e. The van der Waals surface area contributed by atoms with Gasteiger partial charge in [0, 0.05) is 12.6 Å². The van der Waals surface area contributed by atoms with Gasteiger partial charge in [-0.1, -0.05) is 12.8 Å². The van der Waals surface area contributed by atoms with Crippen molar-refractivity contribution in [1.29, 1.82) is 0 Å². The van der Waals surface area contributed by atoms with Gasteiger partial charge in [-0.15, -0.1) is 0 Å². The van der Waals surface area contributed by atoms with Crippen LogP contribution in [0.25, 0.3) is 0 Å². The molecule has 4 nitrogen and oxygen atoms in total. The van der Waals surface area contributed by atoms with Crippen molar-refractivity contribution in [2.75, 3.05) is 33.4 Å². The second-order valence-electron chi connectivity index (χ2n) is 4.24. The minimum Gasteiger partial charge on any atom is -0.394 e. The molecule has 0 aromatic heterocycles. The molecule has 2 atom stereocenters. The van der Waals surface area contributed by atoms with Gasteiger partial charge < -0.3 is 14.9 Å². The van der Waals surface area contributed by atoms with Crippen LogP contribution in [0.4, 0.5) is 0 Å². The van der Waals surface area contributed by atoms with Gasteiger partial charge in [0.1, 0.15) is 0 Å². The second-order valence-corrected chi connectivity index (χ2v) is 4.24. The van der Waals surface area contributed by atoms with Crippen molar-refractivity contribution in [3.63, 3.8) is 0 Å². The van der Waals surface area contributed by atoms with E-state index in [-0.39, 0.29) is 18.8 Å². The van der Waals surface area contributed by atoms with E-state index in [1.807, 2.05) is 7.05 Å². The first-order valence-electron chi connectivity index (χ1n) is 5.82. The zero-order valence-corrected chi connectivity index (χ0v) is 9.56. The number of rotatable bonds is 6. The van der Waals surface area contributed by atoms with Gasteiger partial charge in [0.2, 0.25) is 0 Å². The molecule has 0 aromatic carbocycles. The van der Waals surface area contributed by atoms with Crippen LogP contribution in [-0.2, 0) is 4.74 Å². The summed E-state index contributed by atoms with van der Waals surface area (Å²) >= 11 is 0. The lowest BCUT2D eigenvalue weighted by molar-refractivity contribution is 0.0127. The van der Waals surface area contributed by atoms with Gasteiger partial charge in [0.05, 0.1) is 25.9 Å². The van der Waals surface area contributed by atoms with Gasteiger partial charge in [-0.3, -0.25) is 4.90 Å². The highest BCUT2D eigenvalue weighted by molar-refractivity contribution is 4.81. The Labute approximate surface area is 91.8 Å².